The van der Waals surface area contributed by atoms with Crippen LogP contribution in [-0.4, -0.2) is 78.0 Å². The van der Waals surface area contributed by atoms with Gasteiger partial charge in [0.1, 0.15) is 18.2 Å². The summed E-state index contributed by atoms with van der Waals surface area (Å²) in [6, 6.07) is 6.23. The molecule has 3 unspecified atom stereocenters. The monoisotopic (exact) mass is 514 g/mol. The number of nitrogens with zero attached hydrogens (tertiary/aromatic N) is 4. The van der Waals surface area contributed by atoms with E-state index in [1.165, 1.54) is 0 Å². The highest BCUT2D eigenvalue weighted by atomic mass is 32.2. The van der Waals surface area contributed by atoms with Gasteiger partial charge >= 0.3 is 0 Å². The first-order valence-corrected chi connectivity index (χ1v) is 13.7. The molecule has 0 saturated carbocycles. The second-order valence-electron chi connectivity index (χ2n) is 10.1. The molecule has 3 N–H and O–H groups in total. The zero-order valence-electron chi connectivity index (χ0n) is 20.9. The smallest absolute Gasteiger partial charge is 0.245 e. The maximum atomic E-state index is 14.0. The fourth-order valence-electron chi connectivity index (χ4n) is 6.52. The van der Waals surface area contributed by atoms with Crippen LogP contribution in [0.2, 0.25) is 0 Å². The molecule has 0 radical (unpaired) electrons. The molecular formula is C25H34N6O4S. The van der Waals surface area contributed by atoms with Crippen LogP contribution in [0, 0.1) is 17.8 Å². The Morgan fingerprint density at radius 2 is 2.03 bits per heavy atom. The van der Waals surface area contributed by atoms with Crippen LogP contribution in [0.5, 0.6) is 0 Å². The van der Waals surface area contributed by atoms with E-state index in [1.807, 2.05) is 38.1 Å². The van der Waals surface area contributed by atoms with E-state index >= 15 is 0 Å². The van der Waals surface area contributed by atoms with Crippen LogP contribution in [0.3, 0.4) is 0 Å². The van der Waals surface area contributed by atoms with Crippen LogP contribution < -0.4 is 10.6 Å². The Hall–Kier alpha value is -2.66. The lowest BCUT2D eigenvalue weighted by molar-refractivity contribution is -0.143. The Kier molecular flexibility index (Phi) is 6.71. The molecule has 3 aliphatic heterocycles. The van der Waals surface area contributed by atoms with Crippen molar-refractivity contribution >= 4 is 40.5 Å². The molecule has 36 heavy (non-hydrogen) atoms. The van der Waals surface area contributed by atoms with Gasteiger partial charge in [-0.15, -0.1) is 16.9 Å². The molecule has 3 amide bonds. The predicted octanol–water partition coefficient (Wildman–Crippen LogP) is 1.14. The molecule has 3 fully saturated rings. The van der Waals surface area contributed by atoms with Crippen molar-refractivity contribution in [2.24, 2.45) is 17.8 Å². The molecule has 11 heteroatoms. The van der Waals surface area contributed by atoms with Crippen molar-refractivity contribution in [3.8, 4) is 0 Å². The molecule has 1 aromatic carbocycles. The van der Waals surface area contributed by atoms with Gasteiger partial charge in [0.15, 0.2) is 0 Å². The van der Waals surface area contributed by atoms with Gasteiger partial charge in [0.25, 0.3) is 0 Å². The fourth-order valence-corrected chi connectivity index (χ4v) is 8.92. The fraction of sp³-hybridized carbons (Fsp3) is 0.640. The van der Waals surface area contributed by atoms with E-state index in [0.717, 1.165) is 23.9 Å². The Labute approximate surface area is 214 Å². The first-order chi connectivity index (χ1) is 17.4. The van der Waals surface area contributed by atoms with Gasteiger partial charge in [-0.3, -0.25) is 14.4 Å². The number of amides is 3. The van der Waals surface area contributed by atoms with E-state index in [1.54, 1.807) is 21.3 Å². The summed E-state index contributed by atoms with van der Waals surface area (Å²) < 4.78 is 0.906. The molecule has 4 heterocycles. The number of fused-ring (bicyclic) bond motifs is 2. The summed E-state index contributed by atoms with van der Waals surface area (Å²) >= 11 is 1.64. The molecule has 1 spiro atoms. The number of thioether (sulfide) groups is 1. The third-order valence-electron chi connectivity index (χ3n) is 8.18. The standard InChI is InChI=1S/C25H34N6O4S/c1-4-10-26-22(33)19-18-11-14(3)25(36-18)20(19)24(35)31(15(5-2)12-32)21(25)23(34)27-13-30-17-9-7-6-8-16(17)28-29-30/h6-9,14-15,18-21,32H,4-5,10-13H2,1-3H3,(H,26,33)(H,27,34)/t14?,15-,18+,19-,20-,21?,25?/m0/s1. The minimum atomic E-state index is -0.782. The number of hydrogen-bond acceptors (Lipinski definition) is 7. The van der Waals surface area contributed by atoms with Crippen LogP contribution in [0.4, 0.5) is 0 Å². The van der Waals surface area contributed by atoms with Crippen molar-refractivity contribution < 1.29 is 19.5 Å². The van der Waals surface area contributed by atoms with Crippen molar-refractivity contribution in [1.82, 2.24) is 30.5 Å². The molecule has 5 rings (SSSR count). The van der Waals surface area contributed by atoms with E-state index in [9.17, 15) is 19.5 Å². The number of aromatic nitrogens is 3. The molecular weight excluding hydrogens is 480 g/mol. The van der Waals surface area contributed by atoms with Gasteiger partial charge in [-0.05, 0) is 37.3 Å². The number of carbonyl (C=O) groups is 3. The topological polar surface area (TPSA) is 129 Å². The average Bonchev–Trinajstić information content (AvgIpc) is 3.60. The highest BCUT2D eigenvalue weighted by molar-refractivity contribution is 8.02. The van der Waals surface area contributed by atoms with Crippen LogP contribution in [0.1, 0.15) is 40.0 Å². The van der Waals surface area contributed by atoms with E-state index in [2.05, 4.69) is 27.9 Å². The van der Waals surface area contributed by atoms with E-state index in [-0.39, 0.29) is 42.2 Å². The number of para-hydroxylation sites is 1. The number of benzene rings is 1. The van der Waals surface area contributed by atoms with Gasteiger partial charge in [0.05, 0.1) is 34.7 Å². The number of hydrogen-bond donors (Lipinski definition) is 3. The number of nitrogens with one attached hydrogen (secondary N) is 2. The predicted molar refractivity (Wildman–Crippen MR) is 136 cm³/mol. The Balaban J connectivity index is 1.48. The van der Waals surface area contributed by atoms with E-state index in [0.29, 0.717) is 13.0 Å². The molecule has 194 valence electrons. The van der Waals surface area contributed by atoms with E-state index < -0.39 is 28.7 Å². The zero-order chi connectivity index (χ0) is 25.6. The van der Waals surface area contributed by atoms with Crippen molar-refractivity contribution in [3.63, 3.8) is 0 Å². The maximum absolute atomic E-state index is 14.0. The summed E-state index contributed by atoms with van der Waals surface area (Å²) in [6.07, 6.45) is 2.10. The molecule has 7 atom stereocenters. The molecule has 3 saturated heterocycles. The number of carbonyl (C=O) groups excluding carboxylic acids is 3. The molecule has 1 aromatic heterocycles. The highest BCUT2D eigenvalue weighted by Gasteiger charge is 2.76. The van der Waals surface area contributed by atoms with Crippen LogP contribution in [0.15, 0.2) is 24.3 Å². The third-order valence-corrected chi connectivity index (χ3v) is 10.3. The first-order valence-electron chi connectivity index (χ1n) is 12.8. The van der Waals surface area contributed by atoms with Gasteiger partial charge in [-0.25, -0.2) is 4.68 Å². The molecule has 10 nitrogen and oxygen atoms in total. The molecule has 2 aromatic rings. The SMILES string of the molecule is CCCNC(=O)[C@@H]1[C@H]2C(=O)N([C@@H](CC)CO)C(C(=O)NCn3nnc4ccccc43)C23S[C@@H]1CC3C. The summed E-state index contributed by atoms with van der Waals surface area (Å²) in [6.45, 7) is 6.41. The minimum Gasteiger partial charge on any atom is -0.394 e. The van der Waals surface area contributed by atoms with Crippen LogP contribution in [0.25, 0.3) is 11.0 Å². The lowest BCUT2D eigenvalue weighted by atomic mass is 9.66. The van der Waals surface area contributed by atoms with Gasteiger partial charge < -0.3 is 20.6 Å². The maximum Gasteiger partial charge on any atom is 0.245 e. The minimum absolute atomic E-state index is 0.00304. The summed E-state index contributed by atoms with van der Waals surface area (Å²) in [5.41, 5.74) is 1.53. The molecule has 0 aliphatic carbocycles. The van der Waals surface area contributed by atoms with Crippen molar-refractivity contribution in [3.05, 3.63) is 24.3 Å². The molecule has 3 aliphatic rings. The second-order valence-corrected chi connectivity index (χ2v) is 11.7. The van der Waals surface area contributed by atoms with Gasteiger partial charge in [0.2, 0.25) is 17.7 Å². The summed E-state index contributed by atoms with van der Waals surface area (Å²) in [5.74, 6) is -1.57. The Morgan fingerprint density at radius 1 is 1.25 bits per heavy atom. The van der Waals surface area contributed by atoms with Gasteiger partial charge in [0, 0.05) is 11.8 Å². The second kappa shape index (κ2) is 9.66. The highest BCUT2D eigenvalue weighted by Crippen LogP contribution is 2.68. The zero-order valence-corrected chi connectivity index (χ0v) is 21.7. The molecule has 2 bridgehead atoms. The first kappa shape index (κ1) is 25.0. The third kappa shape index (κ3) is 3.61. The quantitative estimate of drug-likeness (QED) is 0.458. The Morgan fingerprint density at radius 3 is 2.75 bits per heavy atom. The van der Waals surface area contributed by atoms with Crippen LogP contribution in [-0.2, 0) is 21.1 Å². The summed E-state index contributed by atoms with van der Waals surface area (Å²) in [5, 5.41) is 24.4. The lowest BCUT2D eigenvalue weighted by Crippen LogP contribution is -2.58. The largest absolute Gasteiger partial charge is 0.394 e. The number of likely N-dealkylation sites (tertiary alicyclic amines) is 1. The summed E-state index contributed by atoms with van der Waals surface area (Å²) in [4.78, 5) is 42.7. The lowest BCUT2D eigenvalue weighted by Gasteiger charge is -2.40. The number of aliphatic hydroxyl groups is 1. The van der Waals surface area contributed by atoms with Gasteiger partial charge in [-0.1, -0.05) is 38.1 Å². The summed E-state index contributed by atoms with van der Waals surface area (Å²) in [7, 11) is 0. The van der Waals surface area contributed by atoms with Gasteiger partial charge in [-0.2, -0.15) is 0 Å². The van der Waals surface area contributed by atoms with Crippen LogP contribution >= 0.6 is 11.8 Å². The Bertz CT molecular complexity index is 1170. The van der Waals surface area contributed by atoms with Crippen molar-refractivity contribution in [2.75, 3.05) is 13.2 Å². The van der Waals surface area contributed by atoms with Crippen molar-refractivity contribution in [2.45, 2.75) is 68.8 Å². The number of rotatable bonds is 9. The number of aliphatic hydroxyl groups excluding tert-OH is 1. The van der Waals surface area contributed by atoms with E-state index in [4.69, 9.17) is 0 Å². The average molecular weight is 515 g/mol. The van der Waals surface area contributed by atoms with Crippen molar-refractivity contribution in [1.29, 1.82) is 0 Å². The normalized spacial score (nSPS) is 31.6.